The van der Waals surface area contributed by atoms with E-state index < -0.39 is 11.4 Å². The minimum Gasteiger partial charge on any atom is -0.481 e. The van der Waals surface area contributed by atoms with E-state index in [4.69, 9.17) is 5.11 Å². The average Bonchev–Trinajstić information content (AvgIpc) is 2.26. The van der Waals surface area contributed by atoms with Gasteiger partial charge in [-0.05, 0) is 16.9 Å². The van der Waals surface area contributed by atoms with Crippen molar-refractivity contribution in [2.45, 2.75) is 46.5 Å². The van der Waals surface area contributed by atoms with E-state index in [0.717, 1.165) is 0 Å². The van der Waals surface area contributed by atoms with E-state index in [-0.39, 0.29) is 18.6 Å². The smallest absolute Gasteiger partial charge is 0.303 e. The van der Waals surface area contributed by atoms with Gasteiger partial charge >= 0.3 is 5.97 Å². The minimum atomic E-state index is -0.868. The fourth-order valence-electron chi connectivity index (χ4n) is 2.06. The van der Waals surface area contributed by atoms with Crippen LogP contribution in [0.4, 0.5) is 0 Å². The molecule has 0 atom stereocenters. The molecule has 1 rings (SSSR count). The van der Waals surface area contributed by atoms with Crippen molar-refractivity contribution in [1.29, 1.82) is 0 Å². The lowest BCUT2D eigenvalue weighted by atomic mass is 9.82. The number of hydrogen-bond donors (Lipinski definition) is 1. The topological polar surface area (TPSA) is 54.4 Å². The Morgan fingerprint density at radius 1 is 1.11 bits per heavy atom. The zero-order valence-corrected chi connectivity index (χ0v) is 12.1. The van der Waals surface area contributed by atoms with Crippen LogP contribution < -0.4 is 0 Å². The molecule has 19 heavy (non-hydrogen) atoms. The van der Waals surface area contributed by atoms with Crippen molar-refractivity contribution in [2.75, 3.05) is 0 Å². The number of rotatable bonds is 6. The zero-order chi connectivity index (χ0) is 14.6. The number of ketones is 1. The lowest BCUT2D eigenvalue weighted by molar-refractivity contribution is -0.139. The molecule has 3 heteroatoms. The zero-order valence-electron chi connectivity index (χ0n) is 12.1. The molecule has 0 heterocycles. The van der Waals surface area contributed by atoms with Crippen molar-refractivity contribution >= 4 is 11.8 Å². The van der Waals surface area contributed by atoms with Gasteiger partial charge in [0.25, 0.3) is 0 Å². The lowest BCUT2D eigenvalue weighted by Crippen LogP contribution is -2.21. The Hall–Kier alpha value is -1.64. The molecule has 0 aromatic heterocycles. The SMILES string of the molecule is CC(C)c1ccc(C(=O)CC(C)(C)CC(=O)O)cc1. The Morgan fingerprint density at radius 2 is 1.63 bits per heavy atom. The van der Waals surface area contributed by atoms with Crippen LogP contribution in [0.5, 0.6) is 0 Å². The first-order valence-corrected chi connectivity index (χ1v) is 6.56. The maximum Gasteiger partial charge on any atom is 0.303 e. The monoisotopic (exact) mass is 262 g/mol. The molecule has 1 N–H and O–H groups in total. The predicted octanol–water partition coefficient (Wildman–Crippen LogP) is 3.88. The first kappa shape index (κ1) is 15.4. The highest BCUT2D eigenvalue weighted by Gasteiger charge is 2.25. The second-order valence-electron chi connectivity index (χ2n) is 6.11. The second kappa shape index (κ2) is 6.00. The van der Waals surface area contributed by atoms with E-state index in [2.05, 4.69) is 13.8 Å². The van der Waals surface area contributed by atoms with Gasteiger partial charge in [0.2, 0.25) is 0 Å². The number of hydrogen-bond acceptors (Lipinski definition) is 2. The standard InChI is InChI=1S/C16H22O3/c1-11(2)12-5-7-13(8-6-12)14(17)9-16(3,4)10-15(18)19/h5-8,11H,9-10H2,1-4H3,(H,18,19). The first-order chi connectivity index (χ1) is 8.71. The molecule has 0 spiro atoms. The van der Waals surface area contributed by atoms with Crippen molar-refractivity contribution in [3.63, 3.8) is 0 Å². The summed E-state index contributed by atoms with van der Waals surface area (Å²) in [5.41, 5.74) is 1.34. The molecule has 0 aliphatic carbocycles. The van der Waals surface area contributed by atoms with Gasteiger partial charge in [-0.3, -0.25) is 9.59 Å². The molecule has 1 aromatic rings. The third-order valence-electron chi connectivity index (χ3n) is 3.17. The fourth-order valence-corrected chi connectivity index (χ4v) is 2.06. The Labute approximate surface area is 114 Å². The summed E-state index contributed by atoms with van der Waals surface area (Å²) in [4.78, 5) is 22.9. The van der Waals surface area contributed by atoms with Crippen molar-refractivity contribution in [1.82, 2.24) is 0 Å². The van der Waals surface area contributed by atoms with Crippen LogP contribution in [0.2, 0.25) is 0 Å². The third kappa shape index (κ3) is 4.86. The molecule has 0 radical (unpaired) electrons. The molecule has 0 bridgehead atoms. The van der Waals surface area contributed by atoms with Crippen LogP contribution in [-0.4, -0.2) is 16.9 Å². The maximum absolute atomic E-state index is 12.1. The van der Waals surface area contributed by atoms with E-state index in [1.54, 1.807) is 0 Å². The number of aliphatic carboxylic acids is 1. The molecule has 0 amide bonds. The summed E-state index contributed by atoms with van der Waals surface area (Å²) >= 11 is 0. The average molecular weight is 262 g/mol. The fraction of sp³-hybridized carbons (Fsp3) is 0.500. The summed E-state index contributed by atoms with van der Waals surface area (Å²) in [6.45, 7) is 7.82. The Kier molecular flexibility index (Phi) is 4.87. The van der Waals surface area contributed by atoms with Gasteiger partial charge in [-0.1, -0.05) is 52.0 Å². The van der Waals surface area contributed by atoms with Gasteiger partial charge in [0, 0.05) is 12.0 Å². The number of benzene rings is 1. The summed E-state index contributed by atoms with van der Waals surface area (Å²) in [5, 5.41) is 8.82. The van der Waals surface area contributed by atoms with E-state index in [9.17, 15) is 9.59 Å². The van der Waals surface area contributed by atoms with Crippen molar-refractivity contribution in [3.05, 3.63) is 35.4 Å². The molecular formula is C16H22O3. The highest BCUT2D eigenvalue weighted by atomic mass is 16.4. The molecule has 0 saturated carbocycles. The largest absolute Gasteiger partial charge is 0.481 e. The van der Waals surface area contributed by atoms with Gasteiger partial charge < -0.3 is 5.11 Å². The van der Waals surface area contributed by atoms with Crippen LogP contribution in [0.25, 0.3) is 0 Å². The Morgan fingerprint density at radius 3 is 2.05 bits per heavy atom. The highest BCUT2D eigenvalue weighted by Crippen LogP contribution is 2.27. The van der Waals surface area contributed by atoms with Crippen LogP contribution in [-0.2, 0) is 4.79 Å². The van der Waals surface area contributed by atoms with Crippen molar-refractivity contribution in [3.8, 4) is 0 Å². The van der Waals surface area contributed by atoms with Gasteiger partial charge in [0.05, 0.1) is 6.42 Å². The quantitative estimate of drug-likeness (QED) is 0.791. The Balaban J connectivity index is 2.75. The van der Waals surface area contributed by atoms with Gasteiger partial charge in [-0.25, -0.2) is 0 Å². The molecular weight excluding hydrogens is 240 g/mol. The van der Waals surface area contributed by atoms with Crippen LogP contribution >= 0.6 is 0 Å². The van der Waals surface area contributed by atoms with Gasteiger partial charge in [0.15, 0.2) is 5.78 Å². The number of Topliss-reactive ketones (excluding diaryl/α,β-unsaturated/α-hetero) is 1. The molecule has 0 fully saturated rings. The van der Waals surface area contributed by atoms with Gasteiger partial charge in [0.1, 0.15) is 0 Å². The van der Waals surface area contributed by atoms with E-state index in [0.29, 0.717) is 11.5 Å². The molecule has 3 nitrogen and oxygen atoms in total. The van der Waals surface area contributed by atoms with Gasteiger partial charge in [-0.2, -0.15) is 0 Å². The summed E-state index contributed by atoms with van der Waals surface area (Å²) in [5.74, 6) is -0.429. The summed E-state index contributed by atoms with van der Waals surface area (Å²) in [7, 11) is 0. The number of carbonyl (C=O) groups is 2. The normalized spacial score (nSPS) is 11.6. The van der Waals surface area contributed by atoms with E-state index >= 15 is 0 Å². The molecule has 0 aliphatic rings. The van der Waals surface area contributed by atoms with Crippen molar-refractivity contribution in [2.24, 2.45) is 5.41 Å². The number of carboxylic acid groups (broad SMARTS) is 1. The van der Waals surface area contributed by atoms with Gasteiger partial charge in [-0.15, -0.1) is 0 Å². The van der Waals surface area contributed by atoms with E-state index in [1.165, 1.54) is 5.56 Å². The number of carboxylic acids is 1. The number of carbonyl (C=O) groups excluding carboxylic acids is 1. The highest BCUT2D eigenvalue weighted by molar-refractivity contribution is 5.96. The van der Waals surface area contributed by atoms with Crippen LogP contribution in [0, 0.1) is 5.41 Å². The predicted molar refractivity (Wildman–Crippen MR) is 75.5 cm³/mol. The first-order valence-electron chi connectivity index (χ1n) is 6.56. The summed E-state index contributed by atoms with van der Waals surface area (Å²) in [6.07, 6.45) is 0.253. The lowest BCUT2D eigenvalue weighted by Gasteiger charge is -2.21. The van der Waals surface area contributed by atoms with Crippen LogP contribution in [0.3, 0.4) is 0 Å². The van der Waals surface area contributed by atoms with Crippen LogP contribution in [0.1, 0.15) is 62.4 Å². The third-order valence-corrected chi connectivity index (χ3v) is 3.17. The maximum atomic E-state index is 12.1. The van der Waals surface area contributed by atoms with Crippen LogP contribution in [0.15, 0.2) is 24.3 Å². The minimum absolute atomic E-state index is 0.00144. The molecule has 0 saturated heterocycles. The van der Waals surface area contributed by atoms with Crippen molar-refractivity contribution < 1.29 is 14.7 Å². The molecule has 0 unspecified atom stereocenters. The second-order valence-corrected chi connectivity index (χ2v) is 6.11. The molecule has 104 valence electrons. The Bertz CT molecular complexity index is 455. The molecule has 0 aliphatic heterocycles. The summed E-state index contributed by atoms with van der Waals surface area (Å²) < 4.78 is 0. The van der Waals surface area contributed by atoms with E-state index in [1.807, 2.05) is 38.1 Å². The molecule has 1 aromatic carbocycles. The summed E-state index contributed by atoms with van der Waals surface area (Å²) in [6, 6.07) is 7.58.